The van der Waals surface area contributed by atoms with Crippen molar-refractivity contribution in [1.82, 2.24) is 15.5 Å². The molecule has 0 saturated heterocycles. The molecule has 0 bridgehead atoms. The Balaban J connectivity index is 2.08. The van der Waals surface area contributed by atoms with Crippen LogP contribution in [0.4, 0.5) is 0 Å². The summed E-state index contributed by atoms with van der Waals surface area (Å²) in [5.41, 5.74) is 1.07. The molecule has 0 fully saturated rings. The van der Waals surface area contributed by atoms with E-state index in [1.807, 2.05) is 24.3 Å². The minimum absolute atomic E-state index is 0.457. The van der Waals surface area contributed by atoms with E-state index in [4.69, 9.17) is 4.74 Å². The zero-order valence-electron chi connectivity index (χ0n) is 10.8. The second kappa shape index (κ2) is 5.93. The molecule has 2 aromatic rings. The van der Waals surface area contributed by atoms with Crippen LogP contribution in [-0.4, -0.2) is 23.3 Å². The molecule has 0 aliphatic carbocycles. The summed E-state index contributed by atoms with van der Waals surface area (Å²) in [6.07, 6.45) is 0. The van der Waals surface area contributed by atoms with Crippen LogP contribution in [0.25, 0.3) is 10.6 Å². The van der Waals surface area contributed by atoms with E-state index in [0.29, 0.717) is 6.04 Å². The van der Waals surface area contributed by atoms with Crippen LogP contribution in [0.15, 0.2) is 24.3 Å². The number of nitrogens with one attached hydrogen (secondary N) is 1. The second-order valence-electron chi connectivity index (χ2n) is 4.27. The van der Waals surface area contributed by atoms with Gasteiger partial charge in [-0.05, 0) is 24.3 Å². The molecule has 1 N–H and O–H groups in total. The van der Waals surface area contributed by atoms with E-state index < -0.39 is 0 Å². The number of rotatable bonds is 5. The number of aromatic nitrogens is 2. The van der Waals surface area contributed by atoms with Gasteiger partial charge < -0.3 is 10.1 Å². The van der Waals surface area contributed by atoms with Crippen LogP contribution in [0.5, 0.6) is 5.75 Å². The first-order valence-electron chi connectivity index (χ1n) is 5.89. The van der Waals surface area contributed by atoms with Gasteiger partial charge in [-0.25, -0.2) is 0 Å². The standard InChI is InChI=1S/C13H17N3OS/c1-9(2)14-8-12-15-16-13(18-12)10-4-6-11(17-3)7-5-10/h4-7,9,14H,8H2,1-3H3. The fourth-order valence-electron chi connectivity index (χ4n) is 1.47. The summed E-state index contributed by atoms with van der Waals surface area (Å²) in [6.45, 7) is 5.00. The predicted octanol–water partition coefficient (Wildman–Crippen LogP) is 2.71. The molecule has 0 atom stereocenters. The average molecular weight is 263 g/mol. The molecule has 0 saturated carbocycles. The monoisotopic (exact) mass is 263 g/mol. The minimum atomic E-state index is 0.457. The Bertz CT molecular complexity index is 493. The summed E-state index contributed by atoms with van der Waals surface area (Å²) in [4.78, 5) is 0. The molecule has 1 heterocycles. The molecule has 0 aliphatic heterocycles. The van der Waals surface area contributed by atoms with E-state index in [0.717, 1.165) is 27.9 Å². The van der Waals surface area contributed by atoms with Crippen LogP contribution in [0, 0.1) is 0 Å². The van der Waals surface area contributed by atoms with Gasteiger partial charge in [-0.15, -0.1) is 10.2 Å². The number of hydrogen-bond donors (Lipinski definition) is 1. The van der Waals surface area contributed by atoms with Crippen LogP contribution in [-0.2, 0) is 6.54 Å². The lowest BCUT2D eigenvalue weighted by atomic mass is 10.2. The predicted molar refractivity (Wildman–Crippen MR) is 73.9 cm³/mol. The summed E-state index contributed by atoms with van der Waals surface area (Å²) < 4.78 is 5.13. The van der Waals surface area contributed by atoms with Gasteiger partial charge in [0.15, 0.2) is 0 Å². The highest BCUT2D eigenvalue weighted by Crippen LogP contribution is 2.25. The molecule has 0 aliphatic rings. The van der Waals surface area contributed by atoms with Gasteiger partial charge in [0.25, 0.3) is 0 Å². The van der Waals surface area contributed by atoms with Crippen molar-refractivity contribution in [1.29, 1.82) is 0 Å². The van der Waals surface area contributed by atoms with Crippen molar-refractivity contribution in [3.05, 3.63) is 29.3 Å². The van der Waals surface area contributed by atoms with Gasteiger partial charge in [-0.2, -0.15) is 0 Å². The SMILES string of the molecule is COc1ccc(-c2nnc(CNC(C)C)s2)cc1. The summed E-state index contributed by atoms with van der Waals surface area (Å²) in [5.74, 6) is 0.852. The number of ether oxygens (including phenoxy) is 1. The van der Waals surface area contributed by atoms with Crippen LogP contribution in [0.1, 0.15) is 18.9 Å². The summed E-state index contributed by atoms with van der Waals surface area (Å²) in [5, 5.41) is 13.7. The maximum atomic E-state index is 5.13. The highest BCUT2D eigenvalue weighted by molar-refractivity contribution is 7.14. The molecular weight excluding hydrogens is 246 g/mol. The third kappa shape index (κ3) is 3.27. The molecule has 2 rings (SSSR count). The third-order valence-corrected chi connectivity index (χ3v) is 3.44. The second-order valence-corrected chi connectivity index (χ2v) is 5.33. The average Bonchev–Trinajstić information content (AvgIpc) is 2.85. The van der Waals surface area contributed by atoms with Gasteiger partial charge in [0, 0.05) is 18.2 Å². The van der Waals surface area contributed by atoms with E-state index in [-0.39, 0.29) is 0 Å². The first-order chi connectivity index (χ1) is 8.69. The van der Waals surface area contributed by atoms with Gasteiger partial charge >= 0.3 is 0 Å². The van der Waals surface area contributed by atoms with E-state index in [1.54, 1.807) is 18.4 Å². The summed E-state index contributed by atoms with van der Waals surface area (Å²) in [6, 6.07) is 8.32. The Hall–Kier alpha value is -1.46. The van der Waals surface area contributed by atoms with Gasteiger partial charge in [-0.3, -0.25) is 0 Å². The highest BCUT2D eigenvalue weighted by Gasteiger charge is 2.07. The minimum Gasteiger partial charge on any atom is -0.497 e. The molecule has 1 aromatic carbocycles. The zero-order chi connectivity index (χ0) is 13.0. The number of nitrogens with zero attached hydrogens (tertiary/aromatic N) is 2. The van der Waals surface area contributed by atoms with Crippen LogP contribution in [0.3, 0.4) is 0 Å². The van der Waals surface area contributed by atoms with Gasteiger partial charge in [-0.1, -0.05) is 25.2 Å². The largest absolute Gasteiger partial charge is 0.497 e. The Morgan fingerprint density at radius 1 is 1.22 bits per heavy atom. The number of hydrogen-bond acceptors (Lipinski definition) is 5. The molecule has 1 aromatic heterocycles. The van der Waals surface area contributed by atoms with Crippen molar-refractivity contribution in [3.8, 4) is 16.3 Å². The lowest BCUT2D eigenvalue weighted by Gasteiger charge is -2.03. The maximum Gasteiger partial charge on any atom is 0.147 e. The summed E-state index contributed by atoms with van der Waals surface area (Å²) >= 11 is 1.62. The molecule has 5 heteroatoms. The maximum absolute atomic E-state index is 5.13. The van der Waals surface area contributed by atoms with Crippen LogP contribution in [0.2, 0.25) is 0 Å². The zero-order valence-corrected chi connectivity index (χ0v) is 11.6. The molecule has 0 radical (unpaired) electrons. The van der Waals surface area contributed by atoms with Crippen LogP contribution < -0.4 is 10.1 Å². The smallest absolute Gasteiger partial charge is 0.147 e. The molecule has 0 unspecified atom stereocenters. The lowest BCUT2D eigenvalue weighted by Crippen LogP contribution is -2.21. The Kier molecular flexibility index (Phi) is 4.28. The van der Waals surface area contributed by atoms with Crippen LogP contribution >= 0.6 is 11.3 Å². The van der Waals surface area contributed by atoms with Gasteiger partial charge in [0.1, 0.15) is 15.8 Å². The Labute approximate surface area is 111 Å². The molecule has 96 valence electrons. The van der Waals surface area contributed by atoms with Crippen molar-refractivity contribution in [3.63, 3.8) is 0 Å². The number of methoxy groups -OCH3 is 1. The van der Waals surface area contributed by atoms with Gasteiger partial charge in [0.2, 0.25) is 0 Å². The quantitative estimate of drug-likeness (QED) is 0.901. The third-order valence-electron chi connectivity index (χ3n) is 2.47. The van der Waals surface area contributed by atoms with Crippen molar-refractivity contribution >= 4 is 11.3 Å². The molecular formula is C13H17N3OS. The van der Waals surface area contributed by atoms with E-state index >= 15 is 0 Å². The van der Waals surface area contributed by atoms with E-state index in [1.165, 1.54) is 0 Å². The summed E-state index contributed by atoms with van der Waals surface area (Å²) in [7, 11) is 1.66. The van der Waals surface area contributed by atoms with Crippen molar-refractivity contribution in [2.45, 2.75) is 26.4 Å². The molecule has 0 spiro atoms. The first-order valence-corrected chi connectivity index (χ1v) is 6.71. The molecule has 0 amide bonds. The Morgan fingerprint density at radius 3 is 2.56 bits per heavy atom. The fraction of sp³-hybridized carbons (Fsp3) is 0.385. The van der Waals surface area contributed by atoms with Crippen molar-refractivity contribution < 1.29 is 4.74 Å². The first kappa shape index (κ1) is 13.0. The molecule has 18 heavy (non-hydrogen) atoms. The van der Waals surface area contributed by atoms with Crippen molar-refractivity contribution in [2.75, 3.05) is 7.11 Å². The van der Waals surface area contributed by atoms with E-state index in [2.05, 4.69) is 29.4 Å². The van der Waals surface area contributed by atoms with Crippen molar-refractivity contribution in [2.24, 2.45) is 0 Å². The highest BCUT2D eigenvalue weighted by atomic mass is 32.1. The number of benzene rings is 1. The topological polar surface area (TPSA) is 47.0 Å². The fourth-order valence-corrected chi connectivity index (χ4v) is 2.26. The normalized spacial score (nSPS) is 10.9. The van der Waals surface area contributed by atoms with Gasteiger partial charge in [0.05, 0.1) is 7.11 Å². The Morgan fingerprint density at radius 2 is 1.94 bits per heavy atom. The molecule has 4 nitrogen and oxygen atoms in total. The lowest BCUT2D eigenvalue weighted by molar-refractivity contribution is 0.415. The van der Waals surface area contributed by atoms with E-state index in [9.17, 15) is 0 Å².